The second-order valence-electron chi connectivity index (χ2n) is 2.22. The van der Waals surface area contributed by atoms with Gasteiger partial charge in [-0.1, -0.05) is 34.8 Å². The molecule has 8 heteroatoms. The highest BCUT2D eigenvalue weighted by molar-refractivity contribution is 6.66. The van der Waals surface area contributed by atoms with E-state index in [1.165, 1.54) is 7.11 Å². The van der Waals surface area contributed by atoms with Crippen LogP contribution in [-0.2, 0) is 3.79 Å². The molecule has 0 aliphatic rings. The number of nitrogens with zero attached hydrogens (tertiary/aromatic N) is 3. The third-order valence-electron chi connectivity index (χ3n) is 1.27. The van der Waals surface area contributed by atoms with Gasteiger partial charge in [-0.25, -0.2) is 0 Å². The zero-order chi connectivity index (χ0) is 10.8. The van der Waals surface area contributed by atoms with Crippen molar-refractivity contribution in [1.29, 1.82) is 0 Å². The normalized spacial score (nSPS) is 11.2. The van der Waals surface area contributed by atoms with Crippen molar-refractivity contribution in [2.45, 2.75) is 3.79 Å². The van der Waals surface area contributed by atoms with Crippen LogP contribution in [0.2, 0.25) is 0 Å². The minimum Gasteiger partial charge on any atom is -0.467 e. The van der Waals surface area contributed by atoms with Gasteiger partial charge in [0.1, 0.15) is 0 Å². The third-order valence-corrected chi connectivity index (χ3v) is 1.78. The monoisotopic (exact) mass is 256 g/mol. The lowest BCUT2D eigenvalue weighted by molar-refractivity contribution is 0.376. The van der Waals surface area contributed by atoms with E-state index in [0.717, 1.165) is 0 Å². The summed E-state index contributed by atoms with van der Waals surface area (Å²) in [4.78, 5) is 11.5. The van der Waals surface area contributed by atoms with Crippen LogP contribution >= 0.6 is 34.8 Å². The van der Waals surface area contributed by atoms with Gasteiger partial charge in [0.15, 0.2) is 5.82 Å². The summed E-state index contributed by atoms with van der Waals surface area (Å²) >= 11 is 16.8. The zero-order valence-electron chi connectivity index (χ0n) is 7.38. The molecule has 1 N–H and O–H groups in total. The molecule has 1 aromatic heterocycles. The average Bonchev–Trinajstić information content (AvgIpc) is 2.15. The molecule has 0 spiro atoms. The van der Waals surface area contributed by atoms with E-state index in [0.29, 0.717) is 0 Å². The Morgan fingerprint density at radius 1 is 1.21 bits per heavy atom. The number of hydrogen-bond acceptors (Lipinski definition) is 5. The van der Waals surface area contributed by atoms with Gasteiger partial charge in [0, 0.05) is 7.05 Å². The van der Waals surface area contributed by atoms with Gasteiger partial charge < -0.3 is 10.1 Å². The summed E-state index contributed by atoms with van der Waals surface area (Å²) in [6.45, 7) is 0. The van der Waals surface area contributed by atoms with Crippen molar-refractivity contribution in [3.63, 3.8) is 0 Å². The first-order valence-corrected chi connectivity index (χ1v) is 4.65. The molecule has 0 atom stereocenters. The van der Waals surface area contributed by atoms with Gasteiger partial charge in [0.25, 0.3) is 0 Å². The van der Waals surface area contributed by atoms with Gasteiger partial charge in [-0.2, -0.15) is 15.0 Å². The lowest BCUT2D eigenvalue weighted by atomic mass is 10.6. The molecule has 14 heavy (non-hydrogen) atoms. The Kier molecular flexibility index (Phi) is 3.58. The fraction of sp³-hybridized carbons (Fsp3) is 0.500. The van der Waals surface area contributed by atoms with Crippen molar-refractivity contribution in [2.75, 3.05) is 19.5 Å². The van der Waals surface area contributed by atoms with E-state index in [1.807, 2.05) is 0 Å². The molecule has 78 valence electrons. The molecule has 0 radical (unpaired) electrons. The summed E-state index contributed by atoms with van der Waals surface area (Å²) in [5, 5.41) is 2.70. The molecule has 5 nitrogen and oxygen atoms in total. The van der Waals surface area contributed by atoms with E-state index in [1.54, 1.807) is 7.05 Å². The number of aromatic nitrogens is 3. The van der Waals surface area contributed by atoms with Crippen molar-refractivity contribution in [2.24, 2.45) is 0 Å². The standard InChI is InChI=1S/C6H7Cl3N4O/c1-10-4-11-3(6(7,8)9)12-5(13-4)14-2/h1-2H3,(H,10,11,12,13). The van der Waals surface area contributed by atoms with Crippen LogP contribution in [0.15, 0.2) is 0 Å². The molecule has 0 unspecified atom stereocenters. The van der Waals surface area contributed by atoms with E-state index >= 15 is 0 Å². The van der Waals surface area contributed by atoms with Gasteiger partial charge >= 0.3 is 6.01 Å². The molecule has 0 aliphatic carbocycles. The third kappa shape index (κ3) is 2.73. The van der Waals surface area contributed by atoms with Gasteiger partial charge in [0.2, 0.25) is 9.74 Å². The number of halogens is 3. The van der Waals surface area contributed by atoms with Gasteiger partial charge in [0.05, 0.1) is 7.11 Å². The van der Waals surface area contributed by atoms with Crippen molar-refractivity contribution >= 4 is 40.8 Å². The van der Waals surface area contributed by atoms with E-state index in [9.17, 15) is 0 Å². The molecule has 0 aliphatic heterocycles. The molecule has 0 saturated heterocycles. The minimum absolute atomic E-state index is 0.0127. The molecule has 1 rings (SSSR count). The maximum Gasteiger partial charge on any atom is 0.321 e. The van der Waals surface area contributed by atoms with Crippen LogP contribution in [0, 0.1) is 0 Å². The van der Waals surface area contributed by atoms with Gasteiger partial charge in [-0.05, 0) is 0 Å². The summed E-state index contributed by atoms with van der Waals surface area (Å²) in [6, 6.07) is 0.0886. The van der Waals surface area contributed by atoms with Crippen LogP contribution in [0.3, 0.4) is 0 Å². The fourth-order valence-electron chi connectivity index (χ4n) is 0.686. The molecule has 0 saturated carbocycles. The van der Waals surface area contributed by atoms with E-state index in [-0.39, 0.29) is 17.8 Å². The van der Waals surface area contributed by atoms with Gasteiger partial charge in [-0.15, -0.1) is 0 Å². The fourth-order valence-corrected chi connectivity index (χ4v) is 0.940. The van der Waals surface area contributed by atoms with Crippen LogP contribution in [0.1, 0.15) is 5.82 Å². The Morgan fingerprint density at radius 3 is 2.29 bits per heavy atom. The zero-order valence-corrected chi connectivity index (χ0v) is 9.65. The van der Waals surface area contributed by atoms with E-state index in [2.05, 4.69) is 20.3 Å². The summed E-state index contributed by atoms with van der Waals surface area (Å²) < 4.78 is 3.12. The van der Waals surface area contributed by atoms with Crippen LogP contribution in [-0.4, -0.2) is 29.1 Å². The second-order valence-corrected chi connectivity index (χ2v) is 4.50. The highest BCUT2D eigenvalue weighted by Gasteiger charge is 2.28. The molecular formula is C6H7Cl3N4O. The molecule has 0 aromatic carbocycles. The van der Waals surface area contributed by atoms with Crippen molar-refractivity contribution in [3.8, 4) is 6.01 Å². The lowest BCUT2D eigenvalue weighted by Crippen LogP contribution is -2.11. The highest BCUT2D eigenvalue weighted by Crippen LogP contribution is 2.36. The Hall–Kier alpha value is -0.520. The van der Waals surface area contributed by atoms with Crippen molar-refractivity contribution < 1.29 is 4.74 Å². The number of ether oxygens (including phenoxy) is 1. The smallest absolute Gasteiger partial charge is 0.321 e. The first kappa shape index (κ1) is 11.6. The topological polar surface area (TPSA) is 59.9 Å². The van der Waals surface area contributed by atoms with Crippen LogP contribution < -0.4 is 10.1 Å². The summed E-state index contributed by atoms with van der Waals surface area (Å²) in [5.41, 5.74) is 0. The Morgan fingerprint density at radius 2 is 1.86 bits per heavy atom. The van der Waals surface area contributed by atoms with Gasteiger partial charge in [-0.3, -0.25) is 0 Å². The number of methoxy groups -OCH3 is 1. The predicted octanol–water partition coefficient (Wildman–Crippen LogP) is 1.75. The molecule has 0 fully saturated rings. The molecular weight excluding hydrogens is 250 g/mol. The van der Waals surface area contributed by atoms with Crippen LogP contribution in [0.4, 0.5) is 5.95 Å². The number of hydrogen-bond donors (Lipinski definition) is 1. The molecule has 1 aromatic rings. The summed E-state index contributed by atoms with van der Waals surface area (Å²) in [7, 11) is 3.05. The first-order valence-electron chi connectivity index (χ1n) is 3.52. The second kappa shape index (κ2) is 4.33. The average molecular weight is 258 g/mol. The SMILES string of the molecule is CNc1nc(OC)nc(C(Cl)(Cl)Cl)n1. The quantitative estimate of drug-likeness (QED) is 0.818. The number of anilines is 1. The lowest BCUT2D eigenvalue weighted by Gasteiger charge is -2.10. The number of rotatable bonds is 2. The highest BCUT2D eigenvalue weighted by atomic mass is 35.6. The summed E-state index contributed by atoms with van der Waals surface area (Å²) in [6.07, 6.45) is 0. The Labute approximate surface area is 95.8 Å². The minimum atomic E-state index is -1.69. The molecule has 0 amide bonds. The maximum absolute atomic E-state index is 5.61. The first-order chi connectivity index (χ1) is 6.47. The maximum atomic E-state index is 5.61. The van der Waals surface area contributed by atoms with Crippen LogP contribution in [0.25, 0.3) is 0 Å². The van der Waals surface area contributed by atoms with E-state index < -0.39 is 3.79 Å². The number of nitrogens with one attached hydrogen (secondary N) is 1. The number of alkyl halides is 3. The summed E-state index contributed by atoms with van der Waals surface area (Å²) in [5.74, 6) is 0.289. The molecule has 1 heterocycles. The van der Waals surface area contributed by atoms with Crippen molar-refractivity contribution in [1.82, 2.24) is 15.0 Å². The Balaban J connectivity index is 3.17. The van der Waals surface area contributed by atoms with Crippen molar-refractivity contribution in [3.05, 3.63) is 5.82 Å². The van der Waals surface area contributed by atoms with E-state index in [4.69, 9.17) is 39.5 Å². The Bertz CT molecular complexity index is 305. The predicted molar refractivity (Wildman–Crippen MR) is 55.2 cm³/mol. The van der Waals surface area contributed by atoms with Crippen LogP contribution in [0.5, 0.6) is 6.01 Å². The largest absolute Gasteiger partial charge is 0.467 e. The molecule has 0 bridgehead atoms.